The molecule has 0 saturated heterocycles. The lowest BCUT2D eigenvalue weighted by atomic mass is 10.0. The van der Waals surface area contributed by atoms with Crippen molar-refractivity contribution in [3.8, 4) is 11.1 Å². The highest BCUT2D eigenvalue weighted by Gasteiger charge is 2.31. The number of hydrogen-bond acceptors (Lipinski definition) is 1. The van der Waals surface area contributed by atoms with Gasteiger partial charge >= 0.3 is 0 Å². The van der Waals surface area contributed by atoms with Gasteiger partial charge in [0.25, 0.3) is 5.92 Å². The summed E-state index contributed by atoms with van der Waals surface area (Å²) in [6.07, 6.45) is 1.02. The Balaban J connectivity index is 2.41. The first-order chi connectivity index (χ1) is 8.94. The summed E-state index contributed by atoms with van der Waals surface area (Å²) >= 11 is 5.90. The molecule has 0 atom stereocenters. The van der Waals surface area contributed by atoms with Gasteiger partial charge in [-0.3, -0.25) is 0 Å². The van der Waals surface area contributed by atoms with Gasteiger partial charge in [0.2, 0.25) is 5.95 Å². The zero-order chi connectivity index (χ0) is 14.0. The third-order valence-corrected chi connectivity index (χ3v) is 3.18. The molecule has 1 nitrogen and oxygen atoms in total. The second-order valence-electron chi connectivity index (χ2n) is 4.12. The van der Waals surface area contributed by atoms with E-state index in [4.69, 9.17) is 11.6 Å². The zero-order valence-electron chi connectivity index (χ0n) is 10.1. The average molecular weight is 286 g/mol. The van der Waals surface area contributed by atoms with Gasteiger partial charge in [-0.2, -0.15) is 4.39 Å². The van der Waals surface area contributed by atoms with Crippen molar-refractivity contribution in [1.29, 1.82) is 0 Å². The highest BCUT2D eigenvalue weighted by Crippen LogP contribution is 2.37. The average Bonchev–Trinajstić information content (AvgIpc) is 2.39. The molecule has 5 heteroatoms. The normalized spacial score (nSPS) is 11.6. The quantitative estimate of drug-likeness (QED) is 0.720. The summed E-state index contributed by atoms with van der Waals surface area (Å²) in [5.41, 5.74) is 1.04. The second-order valence-corrected chi connectivity index (χ2v) is 4.53. The predicted octanol–water partition coefficient (Wildman–Crippen LogP) is 5.04. The highest BCUT2D eigenvalue weighted by molar-refractivity contribution is 6.31. The molecule has 0 aliphatic carbocycles. The fourth-order valence-corrected chi connectivity index (χ4v) is 2.05. The number of rotatable bonds is 3. The lowest BCUT2D eigenvalue weighted by Gasteiger charge is -2.16. The van der Waals surface area contributed by atoms with Crippen molar-refractivity contribution >= 4 is 11.6 Å². The van der Waals surface area contributed by atoms with Gasteiger partial charge in [-0.15, -0.1) is 0 Å². The topological polar surface area (TPSA) is 12.9 Å². The molecule has 0 bridgehead atoms. The van der Waals surface area contributed by atoms with E-state index in [1.54, 1.807) is 0 Å². The first kappa shape index (κ1) is 13.9. The molecule has 0 aliphatic rings. The molecule has 0 amide bonds. The van der Waals surface area contributed by atoms with E-state index < -0.39 is 11.9 Å². The van der Waals surface area contributed by atoms with Crippen molar-refractivity contribution in [2.45, 2.75) is 19.3 Å². The molecule has 2 aromatic rings. The SMILES string of the molecule is CCC(F)(F)c1ccc(-c2ccc(F)nc2)cc1Cl. The maximum Gasteiger partial charge on any atom is 0.274 e. The van der Waals surface area contributed by atoms with Gasteiger partial charge in [-0.05, 0) is 23.8 Å². The van der Waals surface area contributed by atoms with Crippen LogP contribution in [0.2, 0.25) is 5.02 Å². The van der Waals surface area contributed by atoms with Crippen LogP contribution in [0.1, 0.15) is 18.9 Å². The minimum absolute atomic E-state index is 0.00586. The minimum Gasteiger partial charge on any atom is -0.228 e. The molecule has 19 heavy (non-hydrogen) atoms. The Labute approximate surface area is 114 Å². The Kier molecular flexibility index (Phi) is 3.80. The number of benzene rings is 1. The fraction of sp³-hybridized carbons (Fsp3) is 0.214. The van der Waals surface area contributed by atoms with Crippen LogP contribution in [-0.2, 0) is 5.92 Å². The lowest BCUT2D eigenvalue weighted by Crippen LogP contribution is -2.12. The van der Waals surface area contributed by atoms with Crippen molar-refractivity contribution < 1.29 is 13.2 Å². The van der Waals surface area contributed by atoms with Crippen LogP contribution in [0.4, 0.5) is 13.2 Å². The second kappa shape index (κ2) is 5.21. The monoisotopic (exact) mass is 285 g/mol. The smallest absolute Gasteiger partial charge is 0.228 e. The first-order valence-corrected chi connectivity index (χ1v) is 6.11. The molecule has 0 radical (unpaired) electrons. The summed E-state index contributed by atoms with van der Waals surface area (Å²) in [7, 11) is 0. The fourth-order valence-electron chi connectivity index (χ4n) is 1.73. The molecule has 0 N–H and O–H groups in total. The van der Waals surface area contributed by atoms with Crippen LogP contribution >= 0.6 is 11.6 Å². The third kappa shape index (κ3) is 2.89. The molecule has 0 aliphatic heterocycles. The Morgan fingerprint density at radius 1 is 1.16 bits per heavy atom. The van der Waals surface area contributed by atoms with Crippen LogP contribution in [0.25, 0.3) is 11.1 Å². The summed E-state index contributed by atoms with van der Waals surface area (Å²) < 4.78 is 39.9. The summed E-state index contributed by atoms with van der Waals surface area (Å²) in [5, 5.41) is -0.00586. The summed E-state index contributed by atoms with van der Waals surface area (Å²) in [4.78, 5) is 3.51. The van der Waals surface area contributed by atoms with E-state index in [2.05, 4.69) is 4.98 Å². The zero-order valence-corrected chi connectivity index (χ0v) is 10.9. The maximum absolute atomic E-state index is 13.6. The molecule has 0 unspecified atom stereocenters. The molecule has 2 rings (SSSR count). The Morgan fingerprint density at radius 3 is 2.37 bits per heavy atom. The van der Waals surface area contributed by atoms with E-state index in [1.165, 1.54) is 43.5 Å². The van der Waals surface area contributed by atoms with E-state index in [0.717, 1.165) is 0 Å². The van der Waals surface area contributed by atoms with Crippen LogP contribution in [0.3, 0.4) is 0 Å². The van der Waals surface area contributed by atoms with Crippen LogP contribution in [-0.4, -0.2) is 4.98 Å². The molecular formula is C14H11ClF3N. The maximum atomic E-state index is 13.6. The van der Waals surface area contributed by atoms with Crippen LogP contribution < -0.4 is 0 Å². The van der Waals surface area contributed by atoms with Crippen LogP contribution in [0, 0.1) is 5.95 Å². The Hall–Kier alpha value is -1.55. The number of aromatic nitrogens is 1. The van der Waals surface area contributed by atoms with Crippen molar-refractivity contribution in [1.82, 2.24) is 4.98 Å². The number of halogens is 4. The standard InChI is InChI=1S/C14H11ClF3N/c1-2-14(17,18)11-5-3-9(7-12(11)15)10-4-6-13(16)19-8-10/h3-8H,2H2,1H3. The van der Waals surface area contributed by atoms with Gasteiger partial charge in [0.15, 0.2) is 0 Å². The summed E-state index contributed by atoms with van der Waals surface area (Å²) in [6.45, 7) is 1.40. The minimum atomic E-state index is -2.95. The first-order valence-electron chi connectivity index (χ1n) is 5.74. The van der Waals surface area contributed by atoms with Crippen LogP contribution in [0.5, 0.6) is 0 Å². The largest absolute Gasteiger partial charge is 0.274 e. The molecule has 1 aromatic heterocycles. The van der Waals surface area contributed by atoms with E-state index >= 15 is 0 Å². The van der Waals surface area contributed by atoms with Crippen molar-refractivity contribution in [3.05, 3.63) is 53.1 Å². The number of pyridine rings is 1. The van der Waals surface area contributed by atoms with Crippen LogP contribution in [0.15, 0.2) is 36.5 Å². The predicted molar refractivity (Wildman–Crippen MR) is 68.8 cm³/mol. The van der Waals surface area contributed by atoms with Crippen molar-refractivity contribution in [2.24, 2.45) is 0 Å². The number of alkyl halides is 2. The van der Waals surface area contributed by atoms with E-state index in [9.17, 15) is 13.2 Å². The molecule has 0 saturated carbocycles. The van der Waals surface area contributed by atoms with Gasteiger partial charge < -0.3 is 0 Å². The van der Waals surface area contributed by atoms with E-state index in [0.29, 0.717) is 11.1 Å². The Morgan fingerprint density at radius 2 is 1.84 bits per heavy atom. The third-order valence-electron chi connectivity index (χ3n) is 2.87. The van der Waals surface area contributed by atoms with Crippen molar-refractivity contribution in [3.63, 3.8) is 0 Å². The highest BCUT2D eigenvalue weighted by atomic mass is 35.5. The molecule has 100 valence electrons. The van der Waals surface area contributed by atoms with Gasteiger partial charge in [-0.25, -0.2) is 13.8 Å². The molecule has 0 fully saturated rings. The van der Waals surface area contributed by atoms with Gasteiger partial charge in [-0.1, -0.05) is 30.7 Å². The van der Waals surface area contributed by atoms with E-state index in [-0.39, 0.29) is 17.0 Å². The Bertz CT molecular complexity index is 582. The lowest BCUT2D eigenvalue weighted by molar-refractivity contribution is -0.00815. The summed E-state index contributed by atoms with van der Waals surface area (Å²) in [5.74, 6) is -3.54. The van der Waals surface area contributed by atoms with Gasteiger partial charge in [0.1, 0.15) is 0 Å². The van der Waals surface area contributed by atoms with Crippen molar-refractivity contribution in [2.75, 3.05) is 0 Å². The van der Waals surface area contributed by atoms with Gasteiger partial charge in [0.05, 0.1) is 5.02 Å². The van der Waals surface area contributed by atoms with Gasteiger partial charge in [0, 0.05) is 23.7 Å². The number of hydrogen-bond donors (Lipinski definition) is 0. The molecule has 1 aromatic carbocycles. The van der Waals surface area contributed by atoms with E-state index in [1.807, 2.05) is 0 Å². The molecular weight excluding hydrogens is 275 g/mol. The summed E-state index contributed by atoms with van der Waals surface area (Å²) in [6, 6.07) is 6.99. The number of nitrogens with zero attached hydrogens (tertiary/aromatic N) is 1. The molecule has 0 spiro atoms. The molecule has 1 heterocycles.